The molecule has 1 aliphatic carbocycles. The van der Waals surface area contributed by atoms with Crippen LogP contribution in [-0.4, -0.2) is 21.0 Å². The third kappa shape index (κ3) is 1.86. The standard InChI is InChI=1S/C11H12N2O4/c14-10(15)11(5-1-2-6-11)9-4-3-8(7-12-9)13(16)17/h3-4,7H,1-2,5-6H2,(H,14,15). The van der Waals surface area contributed by atoms with Gasteiger partial charge in [0, 0.05) is 6.07 Å². The SMILES string of the molecule is O=C(O)C1(c2ccc([N+](=O)[O-])cn2)CCCC1. The van der Waals surface area contributed by atoms with Crippen LogP contribution in [0.4, 0.5) is 5.69 Å². The van der Waals surface area contributed by atoms with E-state index in [4.69, 9.17) is 0 Å². The summed E-state index contributed by atoms with van der Waals surface area (Å²) in [4.78, 5) is 25.3. The fraction of sp³-hybridized carbons (Fsp3) is 0.455. The van der Waals surface area contributed by atoms with Gasteiger partial charge in [-0.2, -0.15) is 0 Å². The lowest BCUT2D eigenvalue weighted by atomic mass is 9.82. The molecular weight excluding hydrogens is 224 g/mol. The minimum Gasteiger partial charge on any atom is -0.481 e. The van der Waals surface area contributed by atoms with Crippen LogP contribution in [0.15, 0.2) is 18.3 Å². The smallest absolute Gasteiger partial charge is 0.315 e. The molecule has 0 saturated heterocycles. The Balaban J connectivity index is 2.38. The van der Waals surface area contributed by atoms with Gasteiger partial charge in [-0.1, -0.05) is 12.8 Å². The fourth-order valence-corrected chi connectivity index (χ4v) is 2.34. The topological polar surface area (TPSA) is 93.3 Å². The summed E-state index contributed by atoms with van der Waals surface area (Å²) in [6, 6.07) is 2.77. The van der Waals surface area contributed by atoms with Crippen molar-refractivity contribution in [2.45, 2.75) is 31.1 Å². The molecule has 6 nitrogen and oxygen atoms in total. The monoisotopic (exact) mass is 236 g/mol. The maximum Gasteiger partial charge on any atom is 0.315 e. The van der Waals surface area contributed by atoms with E-state index in [-0.39, 0.29) is 5.69 Å². The number of carboxylic acids is 1. The number of carbonyl (C=O) groups is 1. The molecule has 1 fully saturated rings. The normalized spacial score (nSPS) is 17.9. The summed E-state index contributed by atoms with van der Waals surface area (Å²) < 4.78 is 0. The molecule has 17 heavy (non-hydrogen) atoms. The number of hydrogen-bond acceptors (Lipinski definition) is 4. The van der Waals surface area contributed by atoms with Gasteiger partial charge in [0.25, 0.3) is 5.69 Å². The molecule has 0 spiro atoms. The van der Waals surface area contributed by atoms with Crippen LogP contribution in [0.3, 0.4) is 0 Å². The van der Waals surface area contributed by atoms with Crippen LogP contribution in [0.25, 0.3) is 0 Å². The lowest BCUT2D eigenvalue weighted by Crippen LogP contribution is -2.33. The second-order valence-corrected chi connectivity index (χ2v) is 4.25. The zero-order chi connectivity index (χ0) is 12.5. The van der Waals surface area contributed by atoms with Crippen molar-refractivity contribution in [3.8, 4) is 0 Å². The quantitative estimate of drug-likeness (QED) is 0.638. The average molecular weight is 236 g/mol. The molecule has 0 atom stereocenters. The van der Waals surface area contributed by atoms with Gasteiger partial charge < -0.3 is 5.11 Å². The lowest BCUT2D eigenvalue weighted by molar-refractivity contribution is -0.385. The molecule has 2 rings (SSSR count). The van der Waals surface area contributed by atoms with E-state index in [1.54, 1.807) is 0 Å². The second-order valence-electron chi connectivity index (χ2n) is 4.25. The first-order chi connectivity index (χ1) is 8.06. The van der Waals surface area contributed by atoms with Crippen LogP contribution < -0.4 is 0 Å². The Morgan fingerprint density at radius 2 is 2.06 bits per heavy atom. The first-order valence-electron chi connectivity index (χ1n) is 5.40. The van der Waals surface area contributed by atoms with E-state index < -0.39 is 16.3 Å². The largest absolute Gasteiger partial charge is 0.481 e. The molecule has 1 aromatic heterocycles. The highest BCUT2D eigenvalue weighted by molar-refractivity contribution is 5.81. The Bertz CT molecular complexity index is 449. The Morgan fingerprint density at radius 3 is 2.47 bits per heavy atom. The minimum atomic E-state index is -0.949. The number of rotatable bonds is 3. The third-order valence-electron chi connectivity index (χ3n) is 3.32. The number of pyridine rings is 1. The molecule has 1 N–H and O–H groups in total. The summed E-state index contributed by atoms with van der Waals surface area (Å²) in [6.07, 6.45) is 3.93. The molecule has 1 aromatic rings. The maximum atomic E-state index is 11.4. The first-order valence-corrected chi connectivity index (χ1v) is 5.40. The fourth-order valence-electron chi connectivity index (χ4n) is 2.34. The molecule has 6 heteroatoms. The van der Waals surface area contributed by atoms with Gasteiger partial charge in [0.05, 0.1) is 10.6 Å². The molecule has 0 radical (unpaired) electrons. The average Bonchev–Trinajstić information content (AvgIpc) is 2.79. The summed E-state index contributed by atoms with van der Waals surface area (Å²) in [5, 5.41) is 19.8. The van der Waals surface area contributed by atoms with Gasteiger partial charge in [0.1, 0.15) is 11.6 Å². The van der Waals surface area contributed by atoms with Crippen molar-refractivity contribution < 1.29 is 14.8 Å². The first kappa shape index (κ1) is 11.5. The van der Waals surface area contributed by atoms with Crippen LogP contribution in [0, 0.1) is 10.1 Å². The molecule has 0 bridgehead atoms. The van der Waals surface area contributed by atoms with Crippen LogP contribution in [-0.2, 0) is 10.2 Å². The van der Waals surface area contributed by atoms with Gasteiger partial charge in [-0.05, 0) is 18.9 Å². The molecule has 0 aliphatic heterocycles. The number of nitrogens with zero attached hydrogens (tertiary/aromatic N) is 2. The Morgan fingerprint density at radius 1 is 1.41 bits per heavy atom. The summed E-state index contributed by atoms with van der Waals surface area (Å²) in [5.41, 5.74) is -0.643. The molecule has 0 aromatic carbocycles. The summed E-state index contributed by atoms with van der Waals surface area (Å²) >= 11 is 0. The van der Waals surface area contributed by atoms with Crippen LogP contribution in [0.1, 0.15) is 31.4 Å². The second kappa shape index (κ2) is 4.12. The van der Waals surface area contributed by atoms with E-state index in [2.05, 4.69) is 4.98 Å². The summed E-state index contributed by atoms with van der Waals surface area (Å²) in [5.74, 6) is -0.892. The van der Waals surface area contributed by atoms with Crippen LogP contribution >= 0.6 is 0 Å². The maximum absolute atomic E-state index is 11.4. The van der Waals surface area contributed by atoms with Gasteiger partial charge in [-0.25, -0.2) is 0 Å². The van der Waals surface area contributed by atoms with Crippen molar-refractivity contribution in [2.75, 3.05) is 0 Å². The van der Waals surface area contributed by atoms with E-state index in [0.29, 0.717) is 18.5 Å². The van der Waals surface area contributed by atoms with Crippen LogP contribution in [0.2, 0.25) is 0 Å². The molecule has 0 unspecified atom stereocenters. The Labute approximate surface area is 97.4 Å². The highest BCUT2D eigenvalue weighted by Crippen LogP contribution is 2.40. The zero-order valence-corrected chi connectivity index (χ0v) is 9.13. The molecular formula is C11H12N2O4. The Hall–Kier alpha value is -1.98. The third-order valence-corrected chi connectivity index (χ3v) is 3.32. The van der Waals surface area contributed by atoms with E-state index in [1.165, 1.54) is 12.1 Å². The van der Waals surface area contributed by atoms with Gasteiger partial charge in [0.15, 0.2) is 0 Å². The van der Waals surface area contributed by atoms with E-state index in [9.17, 15) is 20.0 Å². The van der Waals surface area contributed by atoms with Gasteiger partial charge in [-0.15, -0.1) is 0 Å². The summed E-state index contributed by atoms with van der Waals surface area (Å²) in [6.45, 7) is 0. The molecule has 1 aliphatic rings. The number of carboxylic acid groups (broad SMARTS) is 1. The van der Waals surface area contributed by atoms with Gasteiger partial charge in [0.2, 0.25) is 0 Å². The molecule has 1 saturated carbocycles. The van der Waals surface area contributed by atoms with Gasteiger partial charge >= 0.3 is 5.97 Å². The number of hydrogen-bond donors (Lipinski definition) is 1. The van der Waals surface area contributed by atoms with Gasteiger partial charge in [-0.3, -0.25) is 19.9 Å². The highest BCUT2D eigenvalue weighted by atomic mass is 16.6. The van der Waals surface area contributed by atoms with Crippen molar-refractivity contribution in [1.82, 2.24) is 4.98 Å². The van der Waals surface area contributed by atoms with Crippen molar-refractivity contribution >= 4 is 11.7 Å². The molecule has 1 heterocycles. The molecule has 90 valence electrons. The number of aliphatic carboxylic acids is 1. The predicted molar refractivity (Wildman–Crippen MR) is 58.7 cm³/mol. The van der Waals surface area contributed by atoms with E-state index in [0.717, 1.165) is 19.0 Å². The van der Waals surface area contributed by atoms with Crippen molar-refractivity contribution in [3.63, 3.8) is 0 Å². The van der Waals surface area contributed by atoms with Crippen molar-refractivity contribution in [2.24, 2.45) is 0 Å². The van der Waals surface area contributed by atoms with Crippen molar-refractivity contribution in [3.05, 3.63) is 34.1 Å². The number of nitro groups is 1. The van der Waals surface area contributed by atoms with Crippen molar-refractivity contribution in [1.29, 1.82) is 0 Å². The number of aromatic nitrogens is 1. The molecule has 0 amide bonds. The zero-order valence-electron chi connectivity index (χ0n) is 9.13. The highest BCUT2D eigenvalue weighted by Gasteiger charge is 2.44. The van der Waals surface area contributed by atoms with E-state index in [1.807, 2.05) is 0 Å². The predicted octanol–water partition coefficient (Wildman–Crippen LogP) is 1.89. The van der Waals surface area contributed by atoms with Crippen LogP contribution in [0.5, 0.6) is 0 Å². The minimum absolute atomic E-state index is 0.118. The lowest BCUT2D eigenvalue weighted by Gasteiger charge is -2.22. The van der Waals surface area contributed by atoms with E-state index >= 15 is 0 Å². The summed E-state index contributed by atoms with van der Waals surface area (Å²) in [7, 11) is 0. The Kier molecular flexibility index (Phi) is 2.79.